The minimum absolute atomic E-state index is 0.0518. The fourth-order valence-corrected chi connectivity index (χ4v) is 3.87. The molecule has 0 heterocycles. The highest BCUT2D eigenvalue weighted by Gasteiger charge is 2.29. The molecule has 0 aliphatic heterocycles. The van der Waals surface area contributed by atoms with Crippen LogP contribution in [0.4, 0.5) is 5.69 Å². The minimum Gasteiger partial charge on any atom is -0.398 e. The molecule has 6 N–H and O–H groups in total. The van der Waals surface area contributed by atoms with Crippen LogP contribution in [-0.4, -0.2) is 31.6 Å². The van der Waals surface area contributed by atoms with Crippen LogP contribution in [0.25, 0.3) is 0 Å². The van der Waals surface area contributed by atoms with Crippen molar-refractivity contribution in [1.82, 2.24) is 4.72 Å². The van der Waals surface area contributed by atoms with E-state index in [2.05, 4.69) is 4.72 Å². The molecule has 0 spiro atoms. The largest absolute Gasteiger partial charge is 0.398 e. The van der Waals surface area contributed by atoms with Gasteiger partial charge in [0.25, 0.3) is 0 Å². The Kier molecular flexibility index (Phi) is 4.50. The Labute approximate surface area is 123 Å². The Bertz CT molecular complexity index is 645. The quantitative estimate of drug-likeness (QED) is 0.578. The number of nitrogens with two attached hydrogens (primary N) is 2. The normalized spacial score (nSPS) is 22.9. The minimum atomic E-state index is -3.85. The predicted octanol–water partition coefficient (Wildman–Crippen LogP) is -0.0505. The number of nitrogen functional groups attached to an aromatic ring is 1. The first-order chi connectivity index (χ1) is 9.81. The number of nitrogens with one attached hydrogen (secondary N) is 1. The van der Waals surface area contributed by atoms with E-state index in [1.807, 2.05) is 0 Å². The van der Waals surface area contributed by atoms with Crippen molar-refractivity contribution >= 4 is 21.6 Å². The van der Waals surface area contributed by atoms with Gasteiger partial charge in [0, 0.05) is 11.6 Å². The Morgan fingerprint density at radius 3 is 2.52 bits per heavy atom. The summed E-state index contributed by atoms with van der Waals surface area (Å²) in [5, 5.41) is 9.85. The summed E-state index contributed by atoms with van der Waals surface area (Å²) in [4.78, 5) is 10.9. The highest BCUT2D eigenvalue weighted by Crippen LogP contribution is 2.23. The van der Waals surface area contributed by atoms with Gasteiger partial charge in [0.1, 0.15) is 4.90 Å². The van der Waals surface area contributed by atoms with E-state index in [-0.39, 0.29) is 16.1 Å². The standard InChI is InChI=1S/C13H19N3O4S/c14-9-7-8(13(15)18)5-6-12(9)21(19,20)16-10-3-1-2-4-11(10)17/h5-7,10-11,16-17H,1-4,14H2,(H2,15,18)/t10-,11-/m1/s1. The summed E-state index contributed by atoms with van der Waals surface area (Å²) in [6.07, 6.45) is 2.21. The molecule has 2 rings (SSSR count). The zero-order valence-electron chi connectivity index (χ0n) is 11.5. The van der Waals surface area contributed by atoms with Gasteiger partial charge in [0.2, 0.25) is 15.9 Å². The molecule has 0 aromatic heterocycles. The molecule has 1 aromatic carbocycles. The van der Waals surface area contributed by atoms with Gasteiger partial charge in [0.05, 0.1) is 11.8 Å². The second-order valence-electron chi connectivity index (χ2n) is 5.20. The zero-order valence-corrected chi connectivity index (χ0v) is 12.3. The van der Waals surface area contributed by atoms with Crippen molar-refractivity contribution in [1.29, 1.82) is 0 Å². The Morgan fingerprint density at radius 1 is 1.29 bits per heavy atom. The van der Waals surface area contributed by atoms with Crippen molar-refractivity contribution in [2.24, 2.45) is 5.73 Å². The molecule has 1 amide bonds. The topological polar surface area (TPSA) is 136 Å². The van der Waals surface area contributed by atoms with Crippen LogP contribution in [0.2, 0.25) is 0 Å². The summed E-state index contributed by atoms with van der Waals surface area (Å²) in [5.74, 6) is -0.679. The summed E-state index contributed by atoms with van der Waals surface area (Å²) in [6, 6.07) is 3.27. The van der Waals surface area contributed by atoms with Crippen molar-refractivity contribution in [3.8, 4) is 0 Å². The molecule has 116 valence electrons. The molecule has 0 bridgehead atoms. The van der Waals surface area contributed by atoms with Gasteiger partial charge in [-0.1, -0.05) is 12.8 Å². The third-order valence-electron chi connectivity index (χ3n) is 3.62. The number of amides is 1. The van der Waals surface area contributed by atoms with E-state index < -0.39 is 28.1 Å². The van der Waals surface area contributed by atoms with Crippen LogP contribution in [0.1, 0.15) is 36.0 Å². The first-order valence-corrected chi connectivity index (χ1v) is 8.19. The number of aliphatic hydroxyl groups excluding tert-OH is 1. The number of aliphatic hydroxyl groups is 1. The van der Waals surface area contributed by atoms with Gasteiger partial charge in [-0.25, -0.2) is 13.1 Å². The van der Waals surface area contributed by atoms with Gasteiger partial charge in [-0.05, 0) is 31.0 Å². The van der Waals surface area contributed by atoms with Crippen molar-refractivity contribution in [2.75, 3.05) is 5.73 Å². The summed E-state index contributed by atoms with van der Waals surface area (Å²) in [7, 11) is -3.85. The van der Waals surface area contributed by atoms with Crippen molar-refractivity contribution in [2.45, 2.75) is 42.7 Å². The molecule has 1 aliphatic carbocycles. The number of sulfonamides is 1. The summed E-state index contributed by atoms with van der Waals surface area (Å²) in [6.45, 7) is 0. The van der Waals surface area contributed by atoms with E-state index in [0.29, 0.717) is 12.8 Å². The fourth-order valence-electron chi connectivity index (χ4n) is 2.46. The SMILES string of the molecule is NC(=O)c1ccc(S(=O)(=O)N[C@@H]2CCCC[C@H]2O)c(N)c1. The number of hydrogen-bond donors (Lipinski definition) is 4. The van der Waals surface area contributed by atoms with Crippen LogP contribution in [0.3, 0.4) is 0 Å². The van der Waals surface area contributed by atoms with Gasteiger partial charge in [0.15, 0.2) is 0 Å². The van der Waals surface area contributed by atoms with Crippen LogP contribution in [0, 0.1) is 0 Å². The summed E-state index contributed by atoms with van der Waals surface area (Å²) < 4.78 is 27.1. The molecule has 1 fully saturated rings. The summed E-state index contributed by atoms with van der Waals surface area (Å²) >= 11 is 0. The first kappa shape index (κ1) is 15.7. The van der Waals surface area contributed by atoms with E-state index in [4.69, 9.17) is 11.5 Å². The molecule has 0 unspecified atom stereocenters. The van der Waals surface area contributed by atoms with Gasteiger partial charge in [-0.3, -0.25) is 4.79 Å². The van der Waals surface area contributed by atoms with E-state index in [1.165, 1.54) is 18.2 Å². The van der Waals surface area contributed by atoms with Crippen LogP contribution < -0.4 is 16.2 Å². The number of anilines is 1. The number of hydrogen-bond acceptors (Lipinski definition) is 5. The summed E-state index contributed by atoms with van der Waals surface area (Å²) in [5.41, 5.74) is 10.9. The monoisotopic (exact) mass is 313 g/mol. The average molecular weight is 313 g/mol. The highest BCUT2D eigenvalue weighted by atomic mass is 32.2. The van der Waals surface area contributed by atoms with E-state index in [9.17, 15) is 18.3 Å². The lowest BCUT2D eigenvalue weighted by molar-refractivity contribution is 0.1000. The fraction of sp³-hybridized carbons (Fsp3) is 0.462. The van der Waals surface area contributed by atoms with Gasteiger partial charge < -0.3 is 16.6 Å². The number of rotatable bonds is 4. The van der Waals surface area contributed by atoms with Crippen LogP contribution in [-0.2, 0) is 10.0 Å². The molecule has 1 saturated carbocycles. The molecular weight excluding hydrogens is 294 g/mol. The van der Waals surface area contributed by atoms with Gasteiger partial charge in [-0.2, -0.15) is 0 Å². The molecule has 2 atom stereocenters. The number of carbonyl (C=O) groups is 1. The van der Waals surface area contributed by atoms with E-state index in [0.717, 1.165) is 12.8 Å². The second kappa shape index (κ2) is 6.00. The first-order valence-electron chi connectivity index (χ1n) is 6.71. The Morgan fingerprint density at radius 2 is 1.95 bits per heavy atom. The molecular formula is C13H19N3O4S. The van der Waals surface area contributed by atoms with Crippen LogP contribution in [0.5, 0.6) is 0 Å². The van der Waals surface area contributed by atoms with Crippen LogP contribution >= 0.6 is 0 Å². The number of primary amides is 1. The van der Waals surface area contributed by atoms with Gasteiger partial charge >= 0.3 is 0 Å². The van der Waals surface area contributed by atoms with E-state index in [1.54, 1.807) is 0 Å². The maximum atomic E-state index is 12.3. The maximum absolute atomic E-state index is 12.3. The molecule has 1 aromatic rings. The molecule has 7 nitrogen and oxygen atoms in total. The molecule has 1 aliphatic rings. The Hall–Kier alpha value is -1.64. The smallest absolute Gasteiger partial charge is 0.248 e. The van der Waals surface area contributed by atoms with Crippen molar-refractivity contribution in [3.63, 3.8) is 0 Å². The van der Waals surface area contributed by atoms with Gasteiger partial charge in [-0.15, -0.1) is 0 Å². The molecule has 8 heteroatoms. The predicted molar refractivity (Wildman–Crippen MR) is 78.0 cm³/mol. The third kappa shape index (κ3) is 3.52. The average Bonchev–Trinajstić information content (AvgIpc) is 2.40. The second-order valence-corrected chi connectivity index (χ2v) is 6.88. The highest BCUT2D eigenvalue weighted by molar-refractivity contribution is 7.89. The van der Waals surface area contributed by atoms with Crippen molar-refractivity contribution < 1.29 is 18.3 Å². The lowest BCUT2D eigenvalue weighted by Crippen LogP contribution is -2.45. The lowest BCUT2D eigenvalue weighted by Gasteiger charge is -2.28. The maximum Gasteiger partial charge on any atom is 0.248 e. The third-order valence-corrected chi connectivity index (χ3v) is 5.18. The number of benzene rings is 1. The molecule has 21 heavy (non-hydrogen) atoms. The Balaban J connectivity index is 2.25. The number of carbonyl (C=O) groups excluding carboxylic acids is 1. The van der Waals surface area contributed by atoms with E-state index >= 15 is 0 Å². The van der Waals surface area contributed by atoms with Crippen molar-refractivity contribution in [3.05, 3.63) is 23.8 Å². The lowest BCUT2D eigenvalue weighted by atomic mass is 9.93. The van der Waals surface area contributed by atoms with Crippen LogP contribution in [0.15, 0.2) is 23.1 Å². The zero-order chi connectivity index (χ0) is 15.6. The molecule has 0 radical (unpaired) electrons. The molecule has 0 saturated heterocycles.